The summed E-state index contributed by atoms with van der Waals surface area (Å²) in [6.07, 6.45) is -1.26. The highest BCUT2D eigenvalue weighted by atomic mass is 16.5. The molecule has 0 bridgehead atoms. The van der Waals surface area contributed by atoms with Gasteiger partial charge in [0.05, 0.1) is 23.7 Å². The molecule has 0 aliphatic rings. The second-order valence-corrected chi connectivity index (χ2v) is 6.71. The fraction of sp³-hybridized carbons (Fsp3) is 0.238. The van der Waals surface area contributed by atoms with E-state index in [2.05, 4.69) is 5.10 Å². The molecule has 29 heavy (non-hydrogen) atoms. The van der Waals surface area contributed by atoms with Gasteiger partial charge in [-0.1, -0.05) is 42.5 Å². The number of aryl methyl sites for hydroxylation is 1. The van der Waals surface area contributed by atoms with Crippen LogP contribution in [0.2, 0.25) is 0 Å². The lowest BCUT2D eigenvalue weighted by molar-refractivity contribution is -0.160. The summed E-state index contributed by atoms with van der Waals surface area (Å²) in [5.41, 5.74) is -0.272. The van der Waals surface area contributed by atoms with Gasteiger partial charge >= 0.3 is 5.97 Å². The van der Waals surface area contributed by atoms with Crippen LogP contribution in [0.15, 0.2) is 64.2 Å². The molecule has 1 N–H and O–H groups in total. The van der Waals surface area contributed by atoms with E-state index in [0.717, 1.165) is 4.68 Å². The van der Waals surface area contributed by atoms with Gasteiger partial charge in [-0.2, -0.15) is 0 Å². The average Bonchev–Trinajstić information content (AvgIpc) is 2.73. The van der Waals surface area contributed by atoms with Crippen LogP contribution in [0.4, 0.5) is 0 Å². The summed E-state index contributed by atoms with van der Waals surface area (Å²) in [7, 11) is 3.15. The van der Waals surface area contributed by atoms with Gasteiger partial charge in [0, 0.05) is 19.7 Å². The predicted molar refractivity (Wildman–Crippen MR) is 107 cm³/mol. The molecule has 1 amide bonds. The monoisotopic (exact) mass is 395 g/mol. The van der Waals surface area contributed by atoms with Crippen molar-refractivity contribution in [2.45, 2.75) is 19.1 Å². The predicted octanol–water partition coefficient (Wildman–Crippen LogP) is 1.45. The van der Waals surface area contributed by atoms with Crippen LogP contribution in [-0.4, -0.2) is 40.7 Å². The number of hydrogen-bond donors (Lipinski definition) is 1. The Kier molecular flexibility index (Phi) is 5.92. The normalized spacial score (nSPS) is 11.8. The van der Waals surface area contributed by atoms with Crippen LogP contribution < -0.4 is 11.1 Å². The minimum Gasteiger partial charge on any atom is -0.447 e. The van der Waals surface area contributed by atoms with Crippen molar-refractivity contribution in [2.24, 2.45) is 0 Å². The number of benzene rings is 2. The van der Waals surface area contributed by atoms with Gasteiger partial charge in [-0.3, -0.25) is 24.3 Å². The number of aromatic amines is 1. The van der Waals surface area contributed by atoms with E-state index in [4.69, 9.17) is 4.74 Å². The molecule has 150 valence electrons. The topological polar surface area (TPSA) is 101 Å². The fourth-order valence-corrected chi connectivity index (χ4v) is 2.92. The summed E-state index contributed by atoms with van der Waals surface area (Å²) in [6.45, 7) is -0.0740. The van der Waals surface area contributed by atoms with Crippen LogP contribution in [0.5, 0.6) is 0 Å². The molecule has 0 unspecified atom stereocenters. The average molecular weight is 395 g/mol. The molecular weight excluding hydrogens is 374 g/mol. The van der Waals surface area contributed by atoms with Crippen LogP contribution in [0.25, 0.3) is 10.8 Å². The third-order valence-electron chi connectivity index (χ3n) is 4.44. The van der Waals surface area contributed by atoms with Crippen molar-refractivity contribution >= 4 is 22.6 Å². The van der Waals surface area contributed by atoms with E-state index >= 15 is 0 Å². The maximum atomic E-state index is 12.5. The number of carbonyl (C=O) groups excluding carboxylic acids is 2. The van der Waals surface area contributed by atoms with Gasteiger partial charge in [-0.05, 0) is 12.1 Å². The molecule has 0 saturated carbocycles. The van der Waals surface area contributed by atoms with E-state index in [9.17, 15) is 19.2 Å². The number of carbonyl (C=O) groups is 2. The number of likely N-dealkylation sites (N-methyl/N-ethyl adjacent to an activating group) is 1. The Morgan fingerprint density at radius 3 is 2.28 bits per heavy atom. The third kappa shape index (κ3) is 4.43. The maximum Gasteiger partial charge on any atom is 0.308 e. The second-order valence-electron chi connectivity index (χ2n) is 6.71. The van der Waals surface area contributed by atoms with Gasteiger partial charge in [0.15, 0.2) is 0 Å². The van der Waals surface area contributed by atoms with Crippen molar-refractivity contribution in [2.75, 3.05) is 14.1 Å². The molecule has 0 saturated heterocycles. The molecule has 8 heteroatoms. The summed E-state index contributed by atoms with van der Waals surface area (Å²) < 4.78 is 6.48. The Balaban J connectivity index is 1.77. The fourth-order valence-electron chi connectivity index (χ4n) is 2.92. The van der Waals surface area contributed by atoms with Gasteiger partial charge in [-0.25, -0.2) is 4.68 Å². The van der Waals surface area contributed by atoms with Gasteiger partial charge in [0.1, 0.15) is 0 Å². The number of fused-ring (bicyclic) bond motifs is 1. The van der Waals surface area contributed by atoms with Gasteiger partial charge in [0.25, 0.3) is 17.0 Å². The third-order valence-corrected chi connectivity index (χ3v) is 4.44. The van der Waals surface area contributed by atoms with Crippen molar-refractivity contribution in [3.05, 3.63) is 80.9 Å². The molecule has 1 heterocycles. The molecule has 0 radical (unpaired) electrons. The summed E-state index contributed by atoms with van der Waals surface area (Å²) in [6, 6.07) is 15.1. The summed E-state index contributed by atoms with van der Waals surface area (Å²) in [5, 5.41) is 3.03. The van der Waals surface area contributed by atoms with Crippen LogP contribution in [0.3, 0.4) is 0 Å². The SMILES string of the molecule is CN(C)C(=O)[C@@H](OC(=O)CCn1[nH]c(=O)c2ccccc2c1=O)c1ccccc1. The van der Waals surface area contributed by atoms with Crippen molar-refractivity contribution in [1.29, 1.82) is 0 Å². The first-order chi connectivity index (χ1) is 13.9. The Hall–Kier alpha value is -3.68. The molecule has 1 atom stereocenters. The number of H-pyrrole nitrogens is 1. The molecule has 0 fully saturated rings. The molecule has 0 aliphatic heterocycles. The lowest BCUT2D eigenvalue weighted by atomic mass is 10.1. The highest BCUT2D eigenvalue weighted by Crippen LogP contribution is 2.20. The number of rotatable bonds is 6. The first-order valence-corrected chi connectivity index (χ1v) is 9.06. The molecular formula is C21H21N3O5. The van der Waals surface area contributed by atoms with E-state index in [1.807, 2.05) is 0 Å². The largest absolute Gasteiger partial charge is 0.447 e. The van der Waals surface area contributed by atoms with E-state index in [-0.39, 0.29) is 29.6 Å². The Morgan fingerprint density at radius 1 is 1.00 bits per heavy atom. The van der Waals surface area contributed by atoms with E-state index in [0.29, 0.717) is 5.56 Å². The molecule has 3 rings (SSSR count). The van der Waals surface area contributed by atoms with Crippen molar-refractivity contribution in [1.82, 2.24) is 14.7 Å². The quantitative estimate of drug-likeness (QED) is 0.637. The first-order valence-electron chi connectivity index (χ1n) is 9.06. The van der Waals surface area contributed by atoms with Gasteiger partial charge in [-0.15, -0.1) is 0 Å². The maximum absolute atomic E-state index is 12.5. The number of ether oxygens (including phenoxy) is 1. The van der Waals surface area contributed by atoms with Crippen molar-refractivity contribution < 1.29 is 14.3 Å². The van der Waals surface area contributed by atoms with Crippen LogP contribution in [0, 0.1) is 0 Å². The molecule has 2 aromatic carbocycles. The number of hydrogen-bond acceptors (Lipinski definition) is 5. The Bertz CT molecular complexity index is 1150. The van der Waals surface area contributed by atoms with E-state index in [1.165, 1.54) is 4.90 Å². The Morgan fingerprint density at radius 2 is 1.62 bits per heavy atom. The zero-order valence-corrected chi connectivity index (χ0v) is 16.1. The van der Waals surface area contributed by atoms with Gasteiger partial charge < -0.3 is 9.64 Å². The highest BCUT2D eigenvalue weighted by molar-refractivity contribution is 5.84. The van der Waals surface area contributed by atoms with Crippen LogP contribution >= 0.6 is 0 Å². The molecule has 0 spiro atoms. The first kappa shape index (κ1) is 20.1. The molecule has 8 nitrogen and oxygen atoms in total. The lowest BCUT2D eigenvalue weighted by Crippen LogP contribution is -2.33. The lowest BCUT2D eigenvalue weighted by Gasteiger charge is -2.21. The standard InChI is InChI=1S/C21H21N3O5/c1-23(2)21(28)18(14-8-4-3-5-9-14)29-17(25)12-13-24-20(27)16-11-7-6-10-15(16)19(26)22-24/h3-11,18H,12-13H2,1-2H3,(H,22,26)/t18-/m0/s1. The number of nitrogens with one attached hydrogen (secondary N) is 1. The minimum atomic E-state index is -1.08. The molecule has 0 aliphatic carbocycles. The highest BCUT2D eigenvalue weighted by Gasteiger charge is 2.26. The van der Waals surface area contributed by atoms with Crippen molar-refractivity contribution in [3.63, 3.8) is 0 Å². The summed E-state index contributed by atoms with van der Waals surface area (Å²) in [5.74, 6) is -1.03. The van der Waals surface area contributed by atoms with Crippen LogP contribution in [0.1, 0.15) is 18.1 Å². The summed E-state index contributed by atoms with van der Waals surface area (Å²) >= 11 is 0. The Labute approximate surface area is 166 Å². The zero-order chi connectivity index (χ0) is 21.0. The molecule has 3 aromatic rings. The van der Waals surface area contributed by atoms with E-state index in [1.54, 1.807) is 68.7 Å². The number of amides is 1. The second kappa shape index (κ2) is 8.55. The number of esters is 1. The smallest absolute Gasteiger partial charge is 0.308 e. The molecule has 1 aromatic heterocycles. The van der Waals surface area contributed by atoms with Crippen LogP contribution in [-0.2, 0) is 20.9 Å². The van der Waals surface area contributed by atoms with Gasteiger partial charge in [0.2, 0.25) is 6.10 Å². The number of nitrogens with zero attached hydrogens (tertiary/aromatic N) is 2. The number of aromatic nitrogens is 2. The van der Waals surface area contributed by atoms with E-state index < -0.39 is 23.2 Å². The zero-order valence-electron chi connectivity index (χ0n) is 16.1. The minimum absolute atomic E-state index is 0.0740. The van der Waals surface area contributed by atoms with Crippen molar-refractivity contribution in [3.8, 4) is 0 Å². The summed E-state index contributed by atoms with van der Waals surface area (Å²) in [4.78, 5) is 50.8.